The number of aliphatic carboxylic acids is 1. The normalized spacial score (nSPS) is 14.3. The molecular formula is C16H14N3O4-. The van der Waals surface area contributed by atoms with E-state index < -0.39 is 17.9 Å². The minimum absolute atomic E-state index is 0.0540. The number of hydrogen-bond acceptors (Lipinski definition) is 6. The number of amides is 1. The van der Waals surface area contributed by atoms with Gasteiger partial charge in [0.2, 0.25) is 0 Å². The molecule has 118 valence electrons. The van der Waals surface area contributed by atoms with Gasteiger partial charge in [-0.2, -0.15) is 5.10 Å². The molecule has 0 bridgehead atoms. The first-order valence-corrected chi connectivity index (χ1v) is 7.17. The standard InChI is InChI=1S/C16H15N3O4/c1-3-11(16(21)22)19-12-8-9(2)4-5-13(12)23-14-10(15(19)20)6-7-17-18-14/h4-8,11H,3H2,1-2H3,(H,21,22)/p-1. The number of carboxylic acids is 1. The van der Waals surface area contributed by atoms with Gasteiger partial charge in [-0.25, -0.2) is 0 Å². The summed E-state index contributed by atoms with van der Waals surface area (Å²) in [6, 6.07) is 5.54. The number of rotatable bonds is 3. The van der Waals surface area contributed by atoms with Crippen LogP contribution in [0.3, 0.4) is 0 Å². The van der Waals surface area contributed by atoms with E-state index in [9.17, 15) is 14.7 Å². The molecule has 1 aromatic carbocycles. The van der Waals surface area contributed by atoms with Crippen molar-refractivity contribution in [3.8, 4) is 11.6 Å². The summed E-state index contributed by atoms with van der Waals surface area (Å²) in [7, 11) is 0. The highest BCUT2D eigenvalue weighted by Gasteiger charge is 2.34. The average molecular weight is 312 g/mol. The summed E-state index contributed by atoms with van der Waals surface area (Å²) < 4.78 is 5.68. The summed E-state index contributed by atoms with van der Waals surface area (Å²) in [4.78, 5) is 25.6. The number of benzene rings is 1. The summed E-state index contributed by atoms with van der Waals surface area (Å²) in [5.74, 6) is -1.42. The molecule has 1 atom stereocenters. The lowest BCUT2D eigenvalue weighted by molar-refractivity contribution is -0.307. The van der Waals surface area contributed by atoms with E-state index in [1.807, 2.05) is 13.0 Å². The van der Waals surface area contributed by atoms with Gasteiger partial charge in [0, 0.05) is 0 Å². The number of carbonyl (C=O) groups excluding carboxylic acids is 2. The second-order valence-electron chi connectivity index (χ2n) is 5.24. The van der Waals surface area contributed by atoms with Gasteiger partial charge in [-0.1, -0.05) is 13.0 Å². The lowest BCUT2D eigenvalue weighted by atomic mass is 10.1. The summed E-state index contributed by atoms with van der Waals surface area (Å²) in [6.45, 7) is 3.53. The maximum absolute atomic E-state index is 12.9. The van der Waals surface area contributed by atoms with Crippen molar-refractivity contribution in [1.82, 2.24) is 10.2 Å². The van der Waals surface area contributed by atoms with E-state index in [4.69, 9.17) is 4.74 Å². The Balaban J connectivity index is 2.26. The lowest BCUT2D eigenvalue weighted by Gasteiger charge is -2.31. The van der Waals surface area contributed by atoms with Crippen molar-refractivity contribution in [2.75, 3.05) is 4.90 Å². The van der Waals surface area contributed by atoms with Gasteiger partial charge in [-0.15, -0.1) is 5.10 Å². The quantitative estimate of drug-likeness (QED) is 0.841. The Morgan fingerprint density at radius 3 is 2.87 bits per heavy atom. The van der Waals surface area contributed by atoms with Crippen LogP contribution in [0.4, 0.5) is 5.69 Å². The SMILES string of the molecule is CCC(C(=O)[O-])N1C(=O)c2ccnnc2Oc2ccc(C)cc21. The van der Waals surface area contributed by atoms with Gasteiger partial charge >= 0.3 is 0 Å². The lowest BCUT2D eigenvalue weighted by Crippen LogP contribution is -2.50. The molecule has 0 saturated heterocycles. The zero-order chi connectivity index (χ0) is 16.6. The number of nitrogens with zero attached hydrogens (tertiary/aromatic N) is 3. The molecule has 3 rings (SSSR count). The third-order valence-corrected chi connectivity index (χ3v) is 3.69. The zero-order valence-corrected chi connectivity index (χ0v) is 12.6. The molecule has 0 aliphatic carbocycles. The molecule has 0 saturated carbocycles. The van der Waals surface area contributed by atoms with Crippen molar-refractivity contribution in [2.24, 2.45) is 0 Å². The number of ether oxygens (including phenoxy) is 1. The second kappa shape index (κ2) is 5.68. The zero-order valence-electron chi connectivity index (χ0n) is 12.6. The molecule has 1 aromatic heterocycles. The fourth-order valence-electron chi connectivity index (χ4n) is 2.57. The van der Waals surface area contributed by atoms with Crippen LogP contribution in [0.5, 0.6) is 11.6 Å². The smallest absolute Gasteiger partial charge is 0.264 e. The Hall–Kier alpha value is -2.96. The van der Waals surface area contributed by atoms with E-state index >= 15 is 0 Å². The number of aromatic nitrogens is 2. The predicted octanol–water partition coefficient (Wildman–Crippen LogP) is 1.07. The summed E-state index contributed by atoms with van der Waals surface area (Å²) >= 11 is 0. The highest BCUT2D eigenvalue weighted by Crippen LogP contribution is 2.39. The van der Waals surface area contributed by atoms with Gasteiger partial charge < -0.3 is 14.6 Å². The Morgan fingerprint density at radius 2 is 2.17 bits per heavy atom. The first-order chi connectivity index (χ1) is 11.0. The summed E-state index contributed by atoms with van der Waals surface area (Å²) in [5.41, 5.74) is 1.41. The monoisotopic (exact) mass is 312 g/mol. The first-order valence-electron chi connectivity index (χ1n) is 7.17. The maximum Gasteiger partial charge on any atom is 0.264 e. The molecule has 0 radical (unpaired) electrons. The molecule has 1 unspecified atom stereocenters. The van der Waals surface area contributed by atoms with E-state index in [1.54, 1.807) is 19.1 Å². The number of aryl methyl sites for hydroxylation is 1. The fraction of sp³-hybridized carbons (Fsp3) is 0.250. The molecule has 2 heterocycles. The van der Waals surface area contributed by atoms with E-state index in [2.05, 4.69) is 10.2 Å². The Kier molecular flexibility index (Phi) is 3.69. The van der Waals surface area contributed by atoms with E-state index in [0.29, 0.717) is 11.4 Å². The van der Waals surface area contributed by atoms with Gasteiger partial charge in [0.25, 0.3) is 11.8 Å². The van der Waals surface area contributed by atoms with Crippen LogP contribution < -0.4 is 14.7 Å². The van der Waals surface area contributed by atoms with E-state index in [-0.39, 0.29) is 17.9 Å². The van der Waals surface area contributed by atoms with Crippen LogP contribution in [0.15, 0.2) is 30.5 Å². The van der Waals surface area contributed by atoms with Crippen LogP contribution in [0.2, 0.25) is 0 Å². The van der Waals surface area contributed by atoms with E-state index in [1.165, 1.54) is 17.2 Å². The minimum atomic E-state index is -1.32. The number of hydrogen-bond donors (Lipinski definition) is 0. The van der Waals surface area contributed by atoms with Gasteiger partial charge in [0.1, 0.15) is 5.56 Å². The second-order valence-corrected chi connectivity index (χ2v) is 5.24. The summed E-state index contributed by atoms with van der Waals surface area (Å²) in [5, 5.41) is 19.1. The first kappa shape index (κ1) is 15.0. The number of fused-ring (bicyclic) bond motifs is 2. The average Bonchev–Trinajstić information content (AvgIpc) is 2.64. The van der Waals surface area contributed by atoms with Crippen LogP contribution in [0.25, 0.3) is 0 Å². The fourth-order valence-corrected chi connectivity index (χ4v) is 2.57. The third-order valence-electron chi connectivity index (χ3n) is 3.69. The molecule has 0 spiro atoms. The molecule has 1 amide bonds. The van der Waals surface area contributed by atoms with Crippen LogP contribution in [0.1, 0.15) is 29.3 Å². The molecule has 2 aromatic rings. The van der Waals surface area contributed by atoms with Crippen molar-refractivity contribution >= 4 is 17.6 Å². The van der Waals surface area contributed by atoms with Crippen LogP contribution in [-0.2, 0) is 4.79 Å². The maximum atomic E-state index is 12.9. The molecule has 1 aliphatic heterocycles. The van der Waals surface area contributed by atoms with Gasteiger partial charge in [-0.3, -0.25) is 9.69 Å². The topological polar surface area (TPSA) is 95.5 Å². The Bertz CT molecular complexity index is 791. The van der Waals surface area contributed by atoms with Crippen molar-refractivity contribution in [2.45, 2.75) is 26.3 Å². The van der Waals surface area contributed by atoms with Crippen molar-refractivity contribution in [3.63, 3.8) is 0 Å². The van der Waals surface area contributed by atoms with Gasteiger partial charge in [-0.05, 0) is 37.1 Å². The van der Waals surface area contributed by atoms with Gasteiger partial charge in [0.15, 0.2) is 5.75 Å². The Labute approximate surface area is 132 Å². The van der Waals surface area contributed by atoms with Gasteiger partial charge in [0.05, 0.1) is 23.9 Å². The number of anilines is 1. The van der Waals surface area contributed by atoms with Crippen LogP contribution in [-0.4, -0.2) is 28.1 Å². The minimum Gasteiger partial charge on any atom is -0.548 e. The predicted molar refractivity (Wildman–Crippen MR) is 79.2 cm³/mol. The van der Waals surface area contributed by atoms with E-state index in [0.717, 1.165) is 5.56 Å². The highest BCUT2D eigenvalue weighted by atomic mass is 16.5. The highest BCUT2D eigenvalue weighted by molar-refractivity contribution is 6.11. The Morgan fingerprint density at radius 1 is 1.39 bits per heavy atom. The molecule has 7 heteroatoms. The molecule has 23 heavy (non-hydrogen) atoms. The summed E-state index contributed by atoms with van der Waals surface area (Å²) in [6.07, 6.45) is 1.56. The molecule has 1 aliphatic rings. The number of carboxylic acid groups (broad SMARTS) is 1. The number of carbonyl (C=O) groups is 2. The van der Waals surface area contributed by atoms with Crippen molar-refractivity contribution in [3.05, 3.63) is 41.6 Å². The van der Waals surface area contributed by atoms with Crippen LogP contribution >= 0.6 is 0 Å². The largest absolute Gasteiger partial charge is 0.548 e. The molecular weight excluding hydrogens is 298 g/mol. The molecule has 0 fully saturated rings. The third kappa shape index (κ3) is 2.50. The molecule has 7 nitrogen and oxygen atoms in total. The van der Waals surface area contributed by atoms with Crippen LogP contribution in [0, 0.1) is 6.92 Å². The molecule has 0 N–H and O–H groups in total. The van der Waals surface area contributed by atoms with Crippen molar-refractivity contribution in [1.29, 1.82) is 0 Å². The van der Waals surface area contributed by atoms with Crippen molar-refractivity contribution < 1.29 is 19.4 Å².